The van der Waals surface area contributed by atoms with Crippen molar-refractivity contribution in [3.8, 4) is 6.07 Å². The van der Waals surface area contributed by atoms with Crippen molar-refractivity contribution in [2.45, 2.75) is 6.54 Å². The summed E-state index contributed by atoms with van der Waals surface area (Å²) in [6, 6.07) is 18.4. The Bertz CT molecular complexity index is 1080. The molecule has 0 radical (unpaired) electrons. The van der Waals surface area contributed by atoms with Crippen LogP contribution in [-0.2, 0) is 6.54 Å². The van der Waals surface area contributed by atoms with E-state index in [4.69, 9.17) is 5.26 Å². The average Bonchev–Trinajstić information content (AvgIpc) is 3.37. The van der Waals surface area contributed by atoms with Crippen LogP contribution in [0.25, 0.3) is 10.2 Å². The van der Waals surface area contributed by atoms with E-state index in [-0.39, 0.29) is 5.91 Å². The lowest BCUT2D eigenvalue weighted by Gasteiger charge is -2.20. The van der Waals surface area contributed by atoms with Gasteiger partial charge in [-0.1, -0.05) is 23.5 Å². The molecule has 4 aromatic rings. The predicted molar refractivity (Wildman–Crippen MR) is 105 cm³/mol. The fourth-order valence-electron chi connectivity index (χ4n) is 2.74. The smallest absolute Gasteiger partial charge is 0.260 e. The predicted octanol–water partition coefficient (Wildman–Crippen LogP) is 3.71. The molecule has 0 atom stereocenters. The van der Waals surface area contributed by atoms with Crippen molar-refractivity contribution in [2.75, 3.05) is 11.4 Å². The third kappa shape index (κ3) is 3.57. The molecule has 6 nitrogen and oxygen atoms in total. The van der Waals surface area contributed by atoms with Gasteiger partial charge < -0.3 is 0 Å². The second kappa shape index (κ2) is 7.40. The minimum Gasteiger partial charge on any atom is -0.282 e. The number of nitriles is 1. The maximum absolute atomic E-state index is 13.2. The van der Waals surface area contributed by atoms with Crippen LogP contribution in [0, 0.1) is 11.3 Å². The van der Waals surface area contributed by atoms with Gasteiger partial charge in [0.2, 0.25) is 0 Å². The Labute approximate surface area is 159 Å². The van der Waals surface area contributed by atoms with Crippen LogP contribution in [0.5, 0.6) is 0 Å². The highest BCUT2D eigenvalue weighted by Crippen LogP contribution is 2.29. The molecule has 0 spiro atoms. The summed E-state index contributed by atoms with van der Waals surface area (Å²) >= 11 is 1.49. The number of hydrogen-bond donors (Lipinski definition) is 0. The normalized spacial score (nSPS) is 10.6. The molecule has 132 valence electrons. The van der Waals surface area contributed by atoms with Gasteiger partial charge in [-0.05, 0) is 42.5 Å². The van der Waals surface area contributed by atoms with Gasteiger partial charge in [0.05, 0.1) is 28.4 Å². The molecule has 0 aliphatic rings. The van der Waals surface area contributed by atoms with Gasteiger partial charge >= 0.3 is 0 Å². The fraction of sp³-hybridized carbons (Fsp3) is 0.100. The van der Waals surface area contributed by atoms with Crippen LogP contribution in [0.15, 0.2) is 67.0 Å². The van der Waals surface area contributed by atoms with Gasteiger partial charge in [0.25, 0.3) is 5.91 Å². The lowest BCUT2D eigenvalue weighted by atomic mass is 10.1. The molecule has 7 heteroatoms. The van der Waals surface area contributed by atoms with Crippen LogP contribution in [0.2, 0.25) is 0 Å². The number of nitrogens with zero attached hydrogens (tertiary/aromatic N) is 5. The van der Waals surface area contributed by atoms with E-state index in [1.54, 1.807) is 40.0 Å². The molecule has 27 heavy (non-hydrogen) atoms. The Morgan fingerprint density at radius 1 is 1.15 bits per heavy atom. The number of rotatable bonds is 5. The second-order valence-electron chi connectivity index (χ2n) is 5.88. The lowest BCUT2D eigenvalue weighted by molar-refractivity contribution is 0.0986. The third-order valence-corrected chi connectivity index (χ3v) is 5.19. The number of fused-ring (bicyclic) bond motifs is 1. The molecule has 0 unspecified atom stereocenters. The molecule has 0 fully saturated rings. The highest BCUT2D eigenvalue weighted by Gasteiger charge is 2.21. The zero-order chi connectivity index (χ0) is 18.6. The molecule has 0 aliphatic carbocycles. The van der Waals surface area contributed by atoms with Crippen LogP contribution >= 0.6 is 11.3 Å². The Morgan fingerprint density at radius 2 is 1.96 bits per heavy atom. The van der Waals surface area contributed by atoms with E-state index in [2.05, 4.69) is 16.2 Å². The van der Waals surface area contributed by atoms with E-state index in [9.17, 15) is 4.79 Å². The summed E-state index contributed by atoms with van der Waals surface area (Å²) in [5.74, 6) is -0.147. The van der Waals surface area contributed by atoms with Gasteiger partial charge in [0, 0.05) is 24.5 Å². The molecule has 0 aliphatic heterocycles. The maximum atomic E-state index is 13.2. The molecule has 2 aromatic heterocycles. The SMILES string of the molecule is N#Cc1ccc(C(=O)N(CCn2cccn2)c2nc3ccccc3s2)cc1. The van der Waals surface area contributed by atoms with Crippen LogP contribution in [0.4, 0.5) is 5.13 Å². The van der Waals surface area contributed by atoms with Gasteiger partial charge in [-0.25, -0.2) is 4.98 Å². The summed E-state index contributed by atoms with van der Waals surface area (Å²) in [4.78, 5) is 19.5. The first-order valence-corrected chi connectivity index (χ1v) is 9.21. The summed E-state index contributed by atoms with van der Waals surface area (Å²) in [5.41, 5.74) is 1.91. The van der Waals surface area contributed by atoms with Crippen LogP contribution in [0.1, 0.15) is 15.9 Å². The van der Waals surface area contributed by atoms with Gasteiger partial charge in [0.1, 0.15) is 0 Å². The van der Waals surface area contributed by atoms with Gasteiger partial charge in [0.15, 0.2) is 5.13 Å². The number of amides is 1. The molecule has 0 saturated carbocycles. The number of hydrogen-bond acceptors (Lipinski definition) is 5. The average molecular weight is 373 g/mol. The van der Waals surface area contributed by atoms with Crippen molar-refractivity contribution in [1.29, 1.82) is 5.26 Å². The van der Waals surface area contributed by atoms with Gasteiger partial charge in [-0.2, -0.15) is 10.4 Å². The van der Waals surface area contributed by atoms with E-state index in [0.29, 0.717) is 29.3 Å². The van der Waals surface area contributed by atoms with E-state index >= 15 is 0 Å². The Morgan fingerprint density at radius 3 is 2.67 bits per heavy atom. The van der Waals surface area contributed by atoms with Crippen molar-refractivity contribution in [3.05, 3.63) is 78.1 Å². The Kier molecular flexibility index (Phi) is 4.64. The standard InChI is InChI=1S/C20H15N5OS/c21-14-15-6-8-16(9-7-15)19(26)25(13-12-24-11-3-10-22-24)20-23-17-4-1-2-5-18(17)27-20/h1-11H,12-13H2. The Hall–Kier alpha value is -3.50. The number of aromatic nitrogens is 3. The van der Waals surface area contributed by atoms with Gasteiger partial charge in [-0.3, -0.25) is 14.4 Å². The van der Waals surface area contributed by atoms with Crippen molar-refractivity contribution >= 4 is 32.6 Å². The first kappa shape index (κ1) is 16.9. The summed E-state index contributed by atoms with van der Waals surface area (Å²) in [7, 11) is 0. The maximum Gasteiger partial charge on any atom is 0.260 e. The minimum atomic E-state index is -0.147. The zero-order valence-corrected chi connectivity index (χ0v) is 15.1. The van der Waals surface area contributed by atoms with Crippen LogP contribution in [0.3, 0.4) is 0 Å². The van der Waals surface area contributed by atoms with Crippen molar-refractivity contribution < 1.29 is 4.79 Å². The molecule has 2 heterocycles. The first-order chi connectivity index (χ1) is 13.2. The molecule has 0 N–H and O–H groups in total. The van der Waals surface area contributed by atoms with E-state index in [0.717, 1.165) is 10.2 Å². The summed E-state index contributed by atoms with van der Waals surface area (Å²) in [5, 5.41) is 13.8. The molecule has 4 rings (SSSR count). The monoisotopic (exact) mass is 373 g/mol. The number of anilines is 1. The molecule has 2 aromatic carbocycles. The van der Waals surface area contributed by atoms with E-state index < -0.39 is 0 Å². The number of para-hydroxylation sites is 1. The van der Waals surface area contributed by atoms with Crippen molar-refractivity contribution in [1.82, 2.24) is 14.8 Å². The quantitative estimate of drug-likeness (QED) is 0.534. The topological polar surface area (TPSA) is 74.8 Å². The second-order valence-corrected chi connectivity index (χ2v) is 6.89. The molecule has 1 amide bonds. The van der Waals surface area contributed by atoms with E-state index in [1.807, 2.05) is 36.5 Å². The first-order valence-electron chi connectivity index (χ1n) is 8.39. The number of carbonyl (C=O) groups is 1. The number of thiazole rings is 1. The molecular weight excluding hydrogens is 358 g/mol. The number of benzene rings is 2. The summed E-state index contributed by atoms with van der Waals surface area (Å²) < 4.78 is 2.82. The third-order valence-electron chi connectivity index (χ3n) is 4.13. The van der Waals surface area contributed by atoms with Crippen LogP contribution < -0.4 is 4.90 Å². The summed E-state index contributed by atoms with van der Waals surface area (Å²) in [6.07, 6.45) is 3.58. The fourth-order valence-corrected chi connectivity index (χ4v) is 3.73. The highest BCUT2D eigenvalue weighted by molar-refractivity contribution is 7.22. The minimum absolute atomic E-state index is 0.147. The zero-order valence-electron chi connectivity index (χ0n) is 14.3. The Balaban J connectivity index is 1.67. The van der Waals surface area contributed by atoms with Crippen molar-refractivity contribution in [3.63, 3.8) is 0 Å². The summed E-state index contributed by atoms with van der Waals surface area (Å²) in [6.45, 7) is 1.01. The number of carbonyl (C=O) groups excluding carboxylic acids is 1. The van der Waals surface area contributed by atoms with Crippen molar-refractivity contribution in [2.24, 2.45) is 0 Å². The largest absolute Gasteiger partial charge is 0.282 e. The lowest BCUT2D eigenvalue weighted by Crippen LogP contribution is -2.34. The molecule has 0 bridgehead atoms. The van der Waals surface area contributed by atoms with Crippen LogP contribution in [-0.4, -0.2) is 27.2 Å². The van der Waals surface area contributed by atoms with E-state index in [1.165, 1.54) is 11.3 Å². The molecule has 0 saturated heterocycles. The van der Waals surface area contributed by atoms with Gasteiger partial charge in [-0.15, -0.1) is 0 Å². The molecular formula is C20H15N5OS. The highest BCUT2D eigenvalue weighted by atomic mass is 32.1.